The molecule has 0 aromatic heterocycles. The molecule has 8 nitrogen and oxygen atoms in total. The number of benzene rings is 2. The number of fused-ring (bicyclic) bond motifs is 1. The van der Waals surface area contributed by atoms with Crippen LogP contribution in [-0.4, -0.2) is 58.0 Å². The van der Waals surface area contributed by atoms with Gasteiger partial charge in [-0.2, -0.15) is 0 Å². The van der Waals surface area contributed by atoms with E-state index in [0.29, 0.717) is 31.2 Å². The maximum atomic E-state index is 12.4. The molecule has 2 heterocycles. The third-order valence-corrected chi connectivity index (χ3v) is 5.65. The van der Waals surface area contributed by atoms with Crippen molar-refractivity contribution in [3.8, 4) is 11.5 Å². The summed E-state index contributed by atoms with van der Waals surface area (Å²) >= 11 is 0. The normalized spacial score (nSPS) is 19.6. The lowest BCUT2D eigenvalue weighted by Gasteiger charge is -2.29. The van der Waals surface area contributed by atoms with Crippen molar-refractivity contribution in [3.05, 3.63) is 53.6 Å². The van der Waals surface area contributed by atoms with Crippen molar-refractivity contribution in [1.29, 1.82) is 0 Å². The van der Waals surface area contributed by atoms with E-state index >= 15 is 0 Å². The number of amides is 1. The molecule has 0 atom stereocenters. The largest absolute Gasteiger partial charge is 0.462 e. The highest BCUT2D eigenvalue weighted by molar-refractivity contribution is 5.93. The van der Waals surface area contributed by atoms with Gasteiger partial charge in [0.05, 0.1) is 12.2 Å². The third-order valence-electron chi connectivity index (χ3n) is 5.65. The maximum Gasteiger partial charge on any atom is 0.338 e. The minimum Gasteiger partial charge on any atom is -0.462 e. The summed E-state index contributed by atoms with van der Waals surface area (Å²) in [6.07, 6.45) is 0. The fourth-order valence-corrected chi connectivity index (χ4v) is 3.99. The first kappa shape index (κ1) is 21.1. The van der Waals surface area contributed by atoms with Crippen LogP contribution in [0, 0.1) is 0 Å². The van der Waals surface area contributed by atoms with E-state index in [2.05, 4.69) is 17.4 Å². The van der Waals surface area contributed by atoms with E-state index in [1.54, 1.807) is 31.2 Å². The first-order valence-electron chi connectivity index (χ1n) is 10.7. The smallest absolute Gasteiger partial charge is 0.338 e. The van der Waals surface area contributed by atoms with Crippen molar-refractivity contribution in [2.24, 2.45) is 0 Å². The Balaban J connectivity index is 1.20. The summed E-state index contributed by atoms with van der Waals surface area (Å²) in [7, 11) is 0. The summed E-state index contributed by atoms with van der Waals surface area (Å²) in [5.41, 5.74) is 2.41. The van der Waals surface area contributed by atoms with Gasteiger partial charge in [0.15, 0.2) is 18.0 Å². The number of carbonyl (C=O) groups excluding carboxylic acids is 2. The molecule has 2 aliphatic rings. The number of hydrogen-bond donors (Lipinski definition) is 3. The average molecular weight is 428 g/mol. The molecule has 2 aromatic rings. The molecule has 0 bridgehead atoms. The maximum absolute atomic E-state index is 12.4. The molecule has 164 valence electrons. The Morgan fingerprint density at radius 1 is 0.968 bits per heavy atom. The number of piperazine rings is 1. The van der Waals surface area contributed by atoms with E-state index in [0.717, 1.165) is 44.2 Å². The van der Waals surface area contributed by atoms with Gasteiger partial charge in [0.2, 0.25) is 6.79 Å². The van der Waals surface area contributed by atoms with Crippen LogP contribution in [0.5, 0.6) is 11.5 Å². The molecule has 0 radical (unpaired) electrons. The highest BCUT2D eigenvalue weighted by Gasteiger charge is 2.25. The Hall–Kier alpha value is -3.10. The topological polar surface area (TPSA) is 82.7 Å². The summed E-state index contributed by atoms with van der Waals surface area (Å²) in [5.74, 6) is 1.27. The van der Waals surface area contributed by atoms with Gasteiger partial charge >= 0.3 is 5.97 Å². The van der Waals surface area contributed by atoms with Gasteiger partial charge in [0, 0.05) is 11.3 Å². The fourth-order valence-electron chi connectivity index (χ4n) is 3.99. The van der Waals surface area contributed by atoms with Crippen molar-refractivity contribution < 1.29 is 33.6 Å². The predicted molar refractivity (Wildman–Crippen MR) is 114 cm³/mol. The van der Waals surface area contributed by atoms with E-state index in [1.807, 2.05) is 6.07 Å². The van der Waals surface area contributed by atoms with Gasteiger partial charge in [-0.05, 0) is 49.4 Å². The summed E-state index contributed by atoms with van der Waals surface area (Å²) in [4.78, 5) is 26.9. The van der Waals surface area contributed by atoms with Crippen molar-refractivity contribution in [3.63, 3.8) is 0 Å². The van der Waals surface area contributed by atoms with Crippen LogP contribution >= 0.6 is 0 Å². The number of rotatable bonds is 7. The second-order valence-electron chi connectivity index (χ2n) is 7.89. The molecule has 31 heavy (non-hydrogen) atoms. The molecule has 8 heteroatoms. The molecular formula is C23H29N3O5+2. The van der Waals surface area contributed by atoms with Gasteiger partial charge < -0.3 is 29.3 Å². The van der Waals surface area contributed by atoms with E-state index in [1.165, 1.54) is 15.4 Å². The zero-order chi connectivity index (χ0) is 21.6. The van der Waals surface area contributed by atoms with Crippen molar-refractivity contribution in [1.82, 2.24) is 0 Å². The minimum atomic E-state index is -0.356. The number of anilines is 1. The van der Waals surface area contributed by atoms with Crippen LogP contribution in [0.3, 0.4) is 0 Å². The zero-order valence-corrected chi connectivity index (χ0v) is 17.7. The van der Waals surface area contributed by atoms with Crippen LogP contribution in [0.15, 0.2) is 42.5 Å². The van der Waals surface area contributed by atoms with E-state index in [9.17, 15) is 9.59 Å². The molecule has 4 rings (SSSR count). The Morgan fingerprint density at radius 3 is 2.42 bits per heavy atom. The molecule has 0 saturated carbocycles. The molecule has 1 amide bonds. The molecule has 2 aliphatic heterocycles. The monoisotopic (exact) mass is 427 g/mol. The highest BCUT2D eigenvalue weighted by Crippen LogP contribution is 2.32. The number of quaternary nitrogens is 2. The molecule has 0 spiro atoms. The number of esters is 1. The van der Waals surface area contributed by atoms with E-state index in [4.69, 9.17) is 14.2 Å². The summed E-state index contributed by atoms with van der Waals surface area (Å²) in [6.45, 7) is 7.74. The second kappa shape index (κ2) is 9.80. The zero-order valence-electron chi connectivity index (χ0n) is 17.7. The molecule has 1 fully saturated rings. The molecule has 0 aliphatic carbocycles. The number of ether oxygens (including phenoxy) is 3. The lowest BCUT2D eigenvalue weighted by Crippen LogP contribution is -3.28. The predicted octanol–water partition coefficient (Wildman–Crippen LogP) is -0.486. The fraction of sp³-hybridized carbons (Fsp3) is 0.391. The van der Waals surface area contributed by atoms with Crippen molar-refractivity contribution in [2.45, 2.75) is 13.5 Å². The lowest BCUT2D eigenvalue weighted by atomic mass is 10.1. The molecule has 2 aromatic carbocycles. The summed E-state index contributed by atoms with van der Waals surface area (Å²) < 4.78 is 15.8. The van der Waals surface area contributed by atoms with Gasteiger partial charge in [-0.3, -0.25) is 4.79 Å². The van der Waals surface area contributed by atoms with Crippen LogP contribution in [0.4, 0.5) is 5.69 Å². The van der Waals surface area contributed by atoms with Crippen LogP contribution in [0.1, 0.15) is 22.8 Å². The summed E-state index contributed by atoms with van der Waals surface area (Å²) in [6, 6.07) is 12.9. The van der Waals surface area contributed by atoms with Gasteiger partial charge in [0.1, 0.15) is 32.7 Å². The van der Waals surface area contributed by atoms with Crippen LogP contribution in [0.25, 0.3) is 0 Å². The van der Waals surface area contributed by atoms with Crippen molar-refractivity contribution >= 4 is 17.6 Å². The Morgan fingerprint density at radius 2 is 1.68 bits per heavy atom. The first-order chi connectivity index (χ1) is 15.1. The lowest BCUT2D eigenvalue weighted by molar-refractivity contribution is -1.02. The molecule has 1 saturated heterocycles. The first-order valence-corrected chi connectivity index (χ1v) is 10.7. The quantitative estimate of drug-likeness (QED) is 0.520. The standard InChI is InChI=1S/C23H27N3O5/c1-2-29-23(28)18-4-6-19(7-5-18)24-22(27)15-26-11-9-25(10-12-26)14-17-3-8-20-21(13-17)31-16-30-20/h3-8,13H,2,9-12,14-16H2,1H3,(H,24,27)/p+2. The second-order valence-corrected chi connectivity index (χ2v) is 7.89. The van der Waals surface area contributed by atoms with E-state index < -0.39 is 0 Å². The van der Waals surface area contributed by atoms with Gasteiger partial charge in [-0.15, -0.1) is 0 Å². The van der Waals surface area contributed by atoms with Crippen LogP contribution in [-0.2, 0) is 16.1 Å². The Bertz CT molecular complexity index is 923. The molecular weight excluding hydrogens is 398 g/mol. The molecule has 3 N–H and O–H groups in total. The SMILES string of the molecule is CCOC(=O)c1ccc(NC(=O)C[NH+]2CC[NH+](Cc3ccc4c(c3)OCO4)CC2)cc1. The Labute approximate surface area is 181 Å². The summed E-state index contributed by atoms with van der Waals surface area (Å²) in [5, 5.41) is 2.92. The number of carbonyl (C=O) groups is 2. The average Bonchev–Trinajstić information content (AvgIpc) is 3.24. The van der Waals surface area contributed by atoms with Crippen LogP contribution in [0.2, 0.25) is 0 Å². The van der Waals surface area contributed by atoms with Gasteiger partial charge in [-0.25, -0.2) is 4.79 Å². The van der Waals surface area contributed by atoms with Crippen molar-refractivity contribution in [2.75, 3.05) is 51.4 Å². The minimum absolute atomic E-state index is 0.0156. The van der Waals surface area contributed by atoms with Crippen LogP contribution < -0.4 is 24.6 Å². The molecule has 0 unspecified atom stereocenters. The third kappa shape index (κ3) is 5.53. The van der Waals surface area contributed by atoms with Gasteiger partial charge in [-0.1, -0.05) is 0 Å². The van der Waals surface area contributed by atoms with E-state index in [-0.39, 0.29) is 11.9 Å². The van der Waals surface area contributed by atoms with Gasteiger partial charge in [0.25, 0.3) is 5.91 Å². The highest BCUT2D eigenvalue weighted by atomic mass is 16.7. The number of hydrogen-bond acceptors (Lipinski definition) is 5. The number of nitrogens with one attached hydrogen (secondary N) is 3. The Kier molecular flexibility index (Phi) is 6.69.